The van der Waals surface area contributed by atoms with Gasteiger partial charge in [-0.05, 0) is 45.0 Å². The summed E-state index contributed by atoms with van der Waals surface area (Å²) in [6, 6.07) is 4.39. The summed E-state index contributed by atoms with van der Waals surface area (Å²) in [4.78, 5) is 6.57. The van der Waals surface area contributed by atoms with Crippen molar-refractivity contribution in [1.82, 2.24) is 15.3 Å². The fourth-order valence-corrected chi connectivity index (χ4v) is 3.43. The van der Waals surface area contributed by atoms with Gasteiger partial charge in [0.05, 0.1) is 0 Å². The molecule has 0 bridgehead atoms. The predicted octanol–water partition coefficient (Wildman–Crippen LogP) is 1.72. The lowest BCUT2D eigenvalue weighted by molar-refractivity contribution is 0.0568. The average molecular weight is 262 g/mol. The van der Waals surface area contributed by atoms with Crippen LogP contribution in [0, 0.1) is 0 Å². The third kappa shape index (κ3) is 3.14. The molecule has 1 atom stereocenters. The minimum atomic E-state index is 0.169. The van der Waals surface area contributed by atoms with E-state index in [2.05, 4.69) is 35.5 Å². The molecule has 4 nitrogen and oxygen atoms in total. The number of hydrazine groups is 1. The molecule has 1 heterocycles. The smallest absolute Gasteiger partial charge is 0.0435 e. The molecule has 1 aliphatic carbocycles. The number of likely N-dealkylation sites (N-methyl/N-ethyl adjacent to an activating group) is 1. The lowest BCUT2D eigenvalue weighted by atomic mass is 9.74. The standard InChI is InChI=1S/C15H26N4/c1-19(2)15(8-4-3-5-9-15)14(18-16)11-13-7-6-10-17-12-13/h6-7,10,12,14,18H,3-5,8-9,11,16H2,1-2H3. The third-order valence-corrected chi connectivity index (χ3v) is 4.62. The van der Waals surface area contributed by atoms with Gasteiger partial charge in [-0.25, -0.2) is 0 Å². The molecule has 19 heavy (non-hydrogen) atoms. The van der Waals surface area contributed by atoms with Gasteiger partial charge in [0, 0.05) is 24.0 Å². The van der Waals surface area contributed by atoms with Crippen molar-refractivity contribution in [2.24, 2.45) is 5.84 Å². The lowest BCUT2D eigenvalue weighted by Crippen LogP contribution is -2.62. The van der Waals surface area contributed by atoms with Crippen LogP contribution in [0.25, 0.3) is 0 Å². The SMILES string of the molecule is CN(C)C1(C(Cc2cccnc2)NN)CCCCC1. The van der Waals surface area contributed by atoms with Crippen molar-refractivity contribution in [3.8, 4) is 0 Å². The van der Waals surface area contributed by atoms with Gasteiger partial charge < -0.3 is 4.90 Å². The summed E-state index contributed by atoms with van der Waals surface area (Å²) < 4.78 is 0. The number of aromatic nitrogens is 1. The first-order valence-corrected chi connectivity index (χ1v) is 7.21. The maximum absolute atomic E-state index is 5.88. The molecule has 0 saturated heterocycles. The van der Waals surface area contributed by atoms with E-state index in [1.165, 1.54) is 37.7 Å². The largest absolute Gasteiger partial charge is 0.302 e. The van der Waals surface area contributed by atoms with E-state index >= 15 is 0 Å². The van der Waals surface area contributed by atoms with Crippen LogP contribution < -0.4 is 11.3 Å². The number of hydrogen-bond acceptors (Lipinski definition) is 4. The Hall–Kier alpha value is -0.970. The summed E-state index contributed by atoms with van der Waals surface area (Å²) in [5.41, 5.74) is 4.49. The van der Waals surface area contributed by atoms with E-state index in [4.69, 9.17) is 5.84 Å². The maximum atomic E-state index is 5.88. The Morgan fingerprint density at radius 2 is 2.11 bits per heavy atom. The first kappa shape index (κ1) is 14.4. The molecule has 1 unspecified atom stereocenters. The normalized spacial score (nSPS) is 20.4. The van der Waals surface area contributed by atoms with Crippen LogP contribution in [0.15, 0.2) is 24.5 Å². The number of hydrogen-bond donors (Lipinski definition) is 2. The van der Waals surface area contributed by atoms with E-state index in [1.807, 2.05) is 18.5 Å². The summed E-state index contributed by atoms with van der Waals surface area (Å²) >= 11 is 0. The van der Waals surface area contributed by atoms with Gasteiger partial charge in [0.1, 0.15) is 0 Å². The second-order valence-corrected chi connectivity index (χ2v) is 5.84. The monoisotopic (exact) mass is 262 g/mol. The first-order valence-electron chi connectivity index (χ1n) is 7.21. The highest BCUT2D eigenvalue weighted by atomic mass is 15.3. The molecule has 1 aliphatic rings. The van der Waals surface area contributed by atoms with Crippen LogP contribution in [-0.2, 0) is 6.42 Å². The zero-order valence-corrected chi connectivity index (χ0v) is 12.1. The molecule has 1 saturated carbocycles. The van der Waals surface area contributed by atoms with Gasteiger partial charge in [0.15, 0.2) is 0 Å². The highest BCUT2D eigenvalue weighted by molar-refractivity contribution is 5.14. The summed E-state index contributed by atoms with van der Waals surface area (Å²) in [5.74, 6) is 5.88. The van der Waals surface area contributed by atoms with Gasteiger partial charge in [0.2, 0.25) is 0 Å². The fourth-order valence-electron chi connectivity index (χ4n) is 3.43. The van der Waals surface area contributed by atoms with E-state index in [9.17, 15) is 0 Å². The average Bonchev–Trinajstić information content (AvgIpc) is 2.46. The van der Waals surface area contributed by atoms with E-state index in [0.29, 0.717) is 0 Å². The Balaban J connectivity index is 2.17. The molecule has 0 aromatic carbocycles. The summed E-state index contributed by atoms with van der Waals surface area (Å²) in [6.07, 6.45) is 11.1. The van der Waals surface area contributed by atoms with Gasteiger partial charge in [-0.3, -0.25) is 16.3 Å². The number of pyridine rings is 1. The number of rotatable bonds is 5. The summed E-state index contributed by atoms with van der Waals surface area (Å²) in [6.45, 7) is 0. The molecule has 1 aromatic heterocycles. The van der Waals surface area contributed by atoms with Crippen molar-refractivity contribution in [2.75, 3.05) is 14.1 Å². The maximum Gasteiger partial charge on any atom is 0.0435 e. The summed E-state index contributed by atoms with van der Waals surface area (Å²) in [5, 5.41) is 0. The molecular weight excluding hydrogens is 236 g/mol. The van der Waals surface area contributed by atoms with Crippen LogP contribution in [0.1, 0.15) is 37.7 Å². The molecule has 0 aliphatic heterocycles. The van der Waals surface area contributed by atoms with Crippen LogP contribution in [0.3, 0.4) is 0 Å². The molecule has 0 spiro atoms. The van der Waals surface area contributed by atoms with Crippen molar-refractivity contribution in [3.63, 3.8) is 0 Å². The van der Waals surface area contributed by atoms with Crippen molar-refractivity contribution in [1.29, 1.82) is 0 Å². The minimum Gasteiger partial charge on any atom is -0.302 e. The van der Waals surface area contributed by atoms with Crippen molar-refractivity contribution < 1.29 is 0 Å². The van der Waals surface area contributed by atoms with Crippen molar-refractivity contribution >= 4 is 0 Å². The Morgan fingerprint density at radius 3 is 2.63 bits per heavy atom. The topological polar surface area (TPSA) is 54.2 Å². The van der Waals surface area contributed by atoms with Crippen LogP contribution in [0.5, 0.6) is 0 Å². The molecule has 0 radical (unpaired) electrons. The Bertz CT molecular complexity index is 371. The quantitative estimate of drug-likeness (QED) is 0.627. The molecule has 3 N–H and O–H groups in total. The van der Waals surface area contributed by atoms with E-state index < -0.39 is 0 Å². The van der Waals surface area contributed by atoms with Gasteiger partial charge in [-0.1, -0.05) is 25.3 Å². The fraction of sp³-hybridized carbons (Fsp3) is 0.667. The van der Waals surface area contributed by atoms with Crippen molar-refractivity contribution in [2.45, 2.75) is 50.1 Å². The van der Waals surface area contributed by atoms with Gasteiger partial charge in [-0.2, -0.15) is 0 Å². The molecule has 4 heteroatoms. The number of nitrogens with one attached hydrogen (secondary N) is 1. The highest BCUT2D eigenvalue weighted by Crippen LogP contribution is 2.36. The Kier molecular flexibility index (Phi) is 4.91. The second kappa shape index (κ2) is 6.46. The Morgan fingerprint density at radius 1 is 1.37 bits per heavy atom. The number of nitrogens with two attached hydrogens (primary N) is 1. The van der Waals surface area contributed by atoms with E-state index in [1.54, 1.807) is 0 Å². The molecule has 1 aromatic rings. The molecule has 2 rings (SSSR count). The molecular formula is C15H26N4. The van der Waals surface area contributed by atoms with Gasteiger partial charge in [0.25, 0.3) is 0 Å². The van der Waals surface area contributed by atoms with Gasteiger partial charge >= 0.3 is 0 Å². The van der Waals surface area contributed by atoms with Crippen LogP contribution in [-0.4, -0.2) is 35.6 Å². The highest BCUT2D eigenvalue weighted by Gasteiger charge is 2.41. The number of nitrogens with zero attached hydrogens (tertiary/aromatic N) is 2. The zero-order chi connectivity index (χ0) is 13.7. The Labute approximate surface area is 116 Å². The first-order chi connectivity index (χ1) is 9.19. The van der Waals surface area contributed by atoms with Crippen LogP contribution >= 0.6 is 0 Å². The molecule has 1 fully saturated rings. The summed E-state index contributed by atoms with van der Waals surface area (Å²) in [7, 11) is 4.36. The third-order valence-electron chi connectivity index (χ3n) is 4.62. The van der Waals surface area contributed by atoms with Crippen LogP contribution in [0.4, 0.5) is 0 Å². The lowest BCUT2D eigenvalue weighted by Gasteiger charge is -2.48. The minimum absolute atomic E-state index is 0.169. The van der Waals surface area contributed by atoms with E-state index in [0.717, 1.165) is 6.42 Å². The van der Waals surface area contributed by atoms with E-state index in [-0.39, 0.29) is 11.6 Å². The predicted molar refractivity (Wildman–Crippen MR) is 78.6 cm³/mol. The van der Waals surface area contributed by atoms with Crippen LogP contribution in [0.2, 0.25) is 0 Å². The van der Waals surface area contributed by atoms with Gasteiger partial charge in [-0.15, -0.1) is 0 Å². The molecule has 106 valence electrons. The zero-order valence-electron chi connectivity index (χ0n) is 12.1. The van der Waals surface area contributed by atoms with Crippen molar-refractivity contribution in [3.05, 3.63) is 30.1 Å². The second-order valence-electron chi connectivity index (χ2n) is 5.84. The molecule has 0 amide bonds.